The molecule has 0 bridgehead atoms. The number of carbonyl (C=O) groups is 2. The lowest BCUT2D eigenvalue weighted by Crippen LogP contribution is -2.15. The summed E-state index contributed by atoms with van der Waals surface area (Å²) in [5.74, 6) is 0.355. The van der Waals surface area contributed by atoms with Crippen molar-refractivity contribution in [2.24, 2.45) is 0 Å². The monoisotopic (exact) mass is 390 g/mol. The minimum atomic E-state index is -0.236. The molecule has 0 aromatic heterocycles. The maximum atomic E-state index is 12.4. The molecule has 0 radical (unpaired) electrons. The molecule has 126 valence electrons. The van der Waals surface area contributed by atoms with Crippen molar-refractivity contribution in [1.82, 2.24) is 0 Å². The van der Waals surface area contributed by atoms with Crippen molar-refractivity contribution in [3.05, 3.63) is 52.0 Å². The van der Waals surface area contributed by atoms with Gasteiger partial charge < -0.3 is 15.4 Å². The molecular weight excluding hydrogens is 372 g/mol. The minimum absolute atomic E-state index is 0.0688. The Morgan fingerprint density at radius 2 is 1.79 bits per heavy atom. The summed E-state index contributed by atoms with van der Waals surface area (Å²) in [6.45, 7) is 3.64. The third-order valence-corrected chi connectivity index (χ3v) is 4.21. The van der Waals surface area contributed by atoms with Gasteiger partial charge in [0, 0.05) is 23.4 Å². The smallest absolute Gasteiger partial charge is 0.255 e. The van der Waals surface area contributed by atoms with Crippen molar-refractivity contribution >= 4 is 39.1 Å². The van der Waals surface area contributed by atoms with Crippen molar-refractivity contribution < 1.29 is 14.3 Å². The molecule has 0 spiro atoms. The van der Waals surface area contributed by atoms with Gasteiger partial charge in [0.15, 0.2) is 0 Å². The molecule has 0 atom stereocenters. The second kappa shape index (κ2) is 7.97. The van der Waals surface area contributed by atoms with Crippen molar-refractivity contribution in [3.8, 4) is 5.75 Å². The third-order valence-electron chi connectivity index (χ3n) is 3.59. The third kappa shape index (κ3) is 4.14. The number of amides is 2. The summed E-state index contributed by atoms with van der Waals surface area (Å²) in [6, 6.07) is 10.5. The molecule has 0 saturated heterocycles. The zero-order valence-corrected chi connectivity index (χ0v) is 15.4. The normalized spacial score (nSPS) is 10.2. The highest BCUT2D eigenvalue weighted by Gasteiger charge is 2.12. The second-order valence-electron chi connectivity index (χ2n) is 5.18. The van der Waals surface area contributed by atoms with E-state index in [1.807, 2.05) is 13.0 Å². The standard InChI is InChI=1S/C18H19BrN2O3/c1-4-17(22)20-14-6-5-7-15(11(14)2)21-18(23)12-8-9-16(24-3)13(19)10-12/h5-10H,4H2,1-3H3,(H,20,22)(H,21,23). The van der Waals surface area contributed by atoms with Gasteiger partial charge >= 0.3 is 0 Å². The summed E-state index contributed by atoms with van der Waals surface area (Å²) in [7, 11) is 1.57. The largest absolute Gasteiger partial charge is 0.496 e. The first-order valence-electron chi connectivity index (χ1n) is 7.50. The number of hydrogen-bond donors (Lipinski definition) is 2. The van der Waals surface area contributed by atoms with E-state index in [-0.39, 0.29) is 11.8 Å². The molecule has 0 heterocycles. The number of methoxy groups -OCH3 is 1. The fraction of sp³-hybridized carbons (Fsp3) is 0.222. The molecule has 0 saturated carbocycles. The van der Waals surface area contributed by atoms with Crippen molar-refractivity contribution in [3.63, 3.8) is 0 Å². The second-order valence-corrected chi connectivity index (χ2v) is 6.04. The van der Waals surface area contributed by atoms with E-state index in [0.717, 1.165) is 5.56 Å². The Morgan fingerprint density at radius 3 is 2.38 bits per heavy atom. The van der Waals surface area contributed by atoms with Gasteiger partial charge in [-0.1, -0.05) is 13.0 Å². The molecular formula is C18H19BrN2O3. The van der Waals surface area contributed by atoms with E-state index in [4.69, 9.17) is 4.74 Å². The van der Waals surface area contributed by atoms with E-state index in [9.17, 15) is 9.59 Å². The fourth-order valence-corrected chi connectivity index (χ4v) is 2.69. The van der Waals surface area contributed by atoms with Crippen LogP contribution >= 0.6 is 15.9 Å². The van der Waals surface area contributed by atoms with Gasteiger partial charge in [0.05, 0.1) is 11.6 Å². The molecule has 0 aliphatic heterocycles. The van der Waals surface area contributed by atoms with Gasteiger partial charge in [0.2, 0.25) is 5.91 Å². The van der Waals surface area contributed by atoms with Gasteiger partial charge in [-0.2, -0.15) is 0 Å². The predicted octanol–water partition coefficient (Wildman–Crippen LogP) is 4.37. The number of ether oxygens (including phenoxy) is 1. The van der Waals surface area contributed by atoms with E-state index in [2.05, 4.69) is 26.6 Å². The Hall–Kier alpha value is -2.34. The van der Waals surface area contributed by atoms with Gasteiger partial charge in [-0.25, -0.2) is 0 Å². The highest BCUT2D eigenvalue weighted by molar-refractivity contribution is 9.10. The Kier molecular flexibility index (Phi) is 5.98. The van der Waals surface area contributed by atoms with Crippen LogP contribution in [0.3, 0.4) is 0 Å². The van der Waals surface area contributed by atoms with Crippen molar-refractivity contribution in [1.29, 1.82) is 0 Å². The number of benzene rings is 2. The fourth-order valence-electron chi connectivity index (χ4n) is 2.15. The lowest BCUT2D eigenvalue weighted by atomic mass is 10.1. The topological polar surface area (TPSA) is 67.4 Å². The van der Waals surface area contributed by atoms with E-state index in [1.165, 1.54) is 0 Å². The van der Waals surface area contributed by atoms with Crippen LogP contribution in [0.25, 0.3) is 0 Å². The zero-order chi connectivity index (χ0) is 17.7. The molecule has 0 aliphatic rings. The molecule has 6 heteroatoms. The minimum Gasteiger partial charge on any atom is -0.496 e. The van der Waals surface area contributed by atoms with E-state index in [0.29, 0.717) is 33.6 Å². The average Bonchev–Trinajstić information content (AvgIpc) is 2.58. The maximum Gasteiger partial charge on any atom is 0.255 e. The van der Waals surface area contributed by atoms with Crippen molar-refractivity contribution in [2.75, 3.05) is 17.7 Å². The van der Waals surface area contributed by atoms with Gasteiger partial charge in [-0.15, -0.1) is 0 Å². The molecule has 24 heavy (non-hydrogen) atoms. The lowest BCUT2D eigenvalue weighted by molar-refractivity contribution is -0.115. The molecule has 2 amide bonds. The summed E-state index contributed by atoms with van der Waals surface area (Å²) in [4.78, 5) is 24.0. The van der Waals surface area contributed by atoms with Crippen molar-refractivity contribution in [2.45, 2.75) is 20.3 Å². The Labute approximate surface area is 149 Å². The van der Waals surface area contributed by atoms with Crippen LogP contribution in [-0.4, -0.2) is 18.9 Å². The van der Waals surface area contributed by atoms with Gasteiger partial charge in [-0.05, 0) is 58.7 Å². The number of nitrogens with one attached hydrogen (secondary N) is 2. The van der Waals surface area contributed by atoms with E-state index in [1.54, 1.807) is 44.4 Å². The number of hydrogen-bond acceptors (Lipinski definition) is 3. The van der Waals surface area contributed by atoms with Crippen LogP contribution in [0.2, 0.25) is 0 Å². The Bertz CT molecular complexity index is 775. The quantitative estimate of drug-likeness (QED) is 0.796. The molecule has 0 unspecified atom stereocenters. The van der Waals surface area contributed by atoms with E-state index >= 15 is 0 Å². The summed E-state index contributed by atoms with van der Waals surface area (Å²) >= 11 is 3.37. The highest BCUT2D eigenvalue weighted by atomic mass is 79.9. The van der Waals surface area contributed by atoms with Crippen LogP contribution in [0, 0.1) is 6.92 Å². The van der Waals surface area contributed by atoms with Crippen LogP contribution in [0.1, 0.15) is 29.3 Å². The Balaban J connectivity index is 2.21. The lowest BCUT2D eigenvalue weighted by Gasteiger charge is -2.13. The van der Waals surface area contributed by atoms with Crippen LogP contribution < -0.4 is 15.4 Å². The summed E-state index contributed by atoms with van der Waals surface area (Å²) in [5, 5.41) is 5.69. The first kappa shape index (κ1) is 18.0. The van der Waals surface area contributed by atoms with Crippen LogP contribution in [0.4, 0.5) is 11.4 Å². The highest BCUT2D eigenvalue weighted by Crippen LogP contribution is 2.27. The number of halogens is 1. The first-order valence-corrected chi connectivity index (χ1v) is 8.30. The summed E-state index contributed by atoms with van der Waals surface area (Å²) in [5.41, 5.74) is 2.65. The average molecular weight is 391 g/mol. The SMILES string of the molecule is CCC(=O)Nc1cccc(NC(=O)c2ccc(OC)c(Br)c2)c1C. The number of rotatable bonds is 5. The van der Waals surface area contributed by atoms with Gasteiger partial charge in [-0.3, -0.25) is 9.59 Å². The van der Waals surface area contributed by atoms with Crippen LogP contribution in [-0.2, 0) is 4.79 Å². The summed E-state index contributed by atoms with van der Waals surface area (Å²) in [6.07, 6.45) is 0.399. The summed E-state index contributed by atoms with van der Waals surface area (Å²) < 4.78 is 5.87. The van der Waals surface area contributed by atoms with Gasteiger partial charge in [0.25, 0.3) is 5.91 Å². The van der Waals surface area contributed by atoms with E-state index < -0.39 is 0 Å². The zero-order valence-electron chi connectivity index (χ0n) is 13.8. The molecule has 0 fully saturated rings. The predicted molar refractivity (Wildman–Crippen MR) is 98.7 cm³/mol. The molecule has 2 rings (SSSR count). The first-order chi connectivity index (χ1) is 11.5. The number of carbonyl (C=O) groups excluding carboxylic acids is 2. The van der Waals surface area contributed by atoms with Crippen LogP contribution in [0.15, 0.2) is 40.9 Å². The molecule has 5 nitrogen and oxygen atoms in total. The molecule has 2 aromatic rings. The molecule has 2 aromatic carbocycles. The Morgan fingerprint density at radius 1 is 1.12 bits per heavy atom. The maximum absolute atomic E-state index is 12.4. The molecule has 0 aliphatic carbocycles. The number of anilines is 2. The van der Waals surface area contributed by atoms with Gasteiger partial charge in [0.1, 0.15) is 5.75 Å². The molecule has 2 N–H and O–H groups in total. The van der Waals surface area contributed by atoms with Crippen LogP contribution in [0.5, 0.6) is 5.75 Å².